The maximum atomic E-state index is 13.3. The highest BCUT2D eigenvalue weighted by atomic mass is 32.2. The average Bonchev–Trinajstić information content (AvgIpc) is 2.72. The lowest BCUT2D eigenvalue weighted by Crippen LogP contribution is -2.38. The molecule has 2 rings (SSSR count). The largest absolute Gasteiger partial charge is 0.369 e. The van der Waals surface area contributed by atoms with E-state index in [0.717, 1.165) is 0 Å². The van der Waals surface area contributed by atoms with Gasteiger partial charge in [0.25, 0.3) is 0 Å². The number of nitrogens with zero attached hydrogens (tertiary/aromatic N) is 1. The van der Waals surface area contributed by atoms with Crippen LogP contribution in [0.5, 0.6) is 0 Å². The van der Waals surface area contributed by atoms with Gasteiger partial charge in [-0.1, -0.05) is 0 Å². The van der Waals surface area contributed by atoms with Gasteiger partial charge in [0.1, 0.15) is 5.82 Å². The minimum atomic E-state index is -3.76. The molecule has 0 spiro atoms. The SMILES string of the molecule is Cc1cc(F)cc(C)c1S(=O)(=O)N1CCC(C)(C(N)=O)C1. The van der Waals surface area contributed by atoms with Gasteiger partial charge in [-0.05, 0) is 50.5 Å². The van der Waals surface area contributed by atoms with Crippen LogP contribution < -0.4 is 5.73 Å². The van der Waals surface area contributed by atoms with Crippen LogP contribution in [0.1, 0.15) is 24.5 Å². The number of hydrogen-bond donors (Lipinski definition) is 1. The summed E-state index contributed by atoms with van der Waals surface area (Å²) in [5.41, 5.74) is 5.22. The molecule has 1 atom stereocenters. The molecule has 1 aliphatic rings. The van der Waals surface area contributed by atoms with Crippen LogP contribution in [0.2, 0.25) is 0 Å². The maximum absolute atomic E-state index is 13.3. The van der Waals surface area contributed by atoms with Gasteiger partial charge in [0.2, 0.25) is 15.9 Å². The molecule has 21 heavy (non-hydrogen) atoms. The van der Waals surface area contributed by atoms with Crippen molar-refractivity contribution in [3.05, 3.63) is 29.1 Å². The quantitative estimate of drug-likeness (QED) is 0.914. The van der Waals surface area contributed by atoms with Gasteiger partial charge < -0.3 is 5.73 Å². The number of rotatable bonds is 3. The van der Waals surface area contributed by atoms with E-state index in [-0.39, 0.29) is 18.0 Å². The molecule has 1 unspecified atom stereocenters. The number of carbonyl (C=O) groups is 1. The number of sulfonamides is 1. The fourth-order valence-corrected chi connectivity index (χ4v) is 4.73. The number of benzene rings is 1. The van der Waals surface area contributed by atoms with Gasteiger partial charge in [0.15, 0.2) is 0 Å². The van der Waals surface area contributed by atoms with Crippen molar-refractivity contribution in [1.82, 2.24) is 4.31 Å². The number of nitrogens with two attached hydrogens (primary N) is 1. The summed E-state index contributed by atoms with van der Waals surface area (Å²) in [5, 5.41) is 0. The Bertz CT molecular complexity index is 679. The number of primary amides is 1. The van der Waals surface area contributed by atoms with E-state index in [1.165, 1.54) is 16.4 Å². The third-order valence-electron chi connectivity index (χ3n) is 4.06. The molecule has 1 fully saturated rings. The standard InChI is InChI=1S/C14H19FN2O3S/c1-9-6-11(15)7-10(2)12(9)21(19,20)17-5-4-14(3,8-17)13(16)18/h6-7H,4-5,8H2,1-3H3,(H2,16,18). The maximum Gasteiger partial charge on any atom is 0.243 e. The van der Waals surface area contributed by atoms with Crippen LogP contribution in [-0.4, -0.2) is 31.7 Å². The first-order valence-corrected chi connectivity index (χ1v) is 8.09. The molecule has 0 aliphatic carbocycles. The number of aryl methyl sites for hydroxylation is 2. The van der Waals surface area contributed by atoms with Crippen molar-refractivity contribution in [2.45, 2.75) is 32.1 Å². The first kappa shape index (κ1) is 15.9. The molecule has 1 saturated heterocycles. The van der Waals surface area contributed by atoms with Crippen molar-refractivity contribution in [3.63, 3.8) is 0 Å². The second-order valence-corrected chi connectivity index (χ2v) is 7.76. The predicted molar refractivity (Wildman–Crippen MR) is 76.6 cm³/mol. The molecule has 5 nitrogen and oxygen atoms in total. The van der Waals surface area contributed by atoms with Crippen LogP contribution in [0.3, 0.4) is 0 Å². The summed E-state index contributed by atoms with van der Waals surface area (Å²) in [4.78, 5) is 11.6. The molecule has 0 saturated carbocycles. The molecular weight excluding hydrogens is 295 g/mol. The van der Waals surface area contributed by atoms with Gasteiger partial charge in [-0.25, -0.2) is 12.8 Å². The van der Waals surface area contributed by atoms with Crippen molar-refractivity contribution in [3.8, 4) is 0 Å². The Morgan fingerprint density at radius 2 is 1.86 bits per heavy atom. The number of amides is 1. The molecule has 116 valence electrons. The van der Waals surface area contributed by atoms with Crippen molar-refractivity contribution in [1.29, 1.82) is 0 Å². The lowest BCUT2D eigenvalue weighted by Gasteiger charge is -2.22. The van der Waals surface area contributed by atoms with Gasteiger partial charge in [0.05, 0.1) is 10.3 Å². The molecule has 1 heterocycles. The molecule has 1 aromatic rings. The fraction of sp³-hybridized carbons (Fsp3) is 0.500. The minimum absolute atomic E-state index is 0.0565. The van der Waals surface area contributed by atoms with E-state index in [1.54, 1.807) is 20.8 Å². The minimum Gasteiger partial charge on any atom is -0.369 e. The molecule has 0 aromatic heterocycles. The van der Waals surface area contributed by atoms with Gasteiger partial charge in [-0.2, -0.15) is 4.31 Å². The zero-order valence-electron chi connectivity index (χ0n) is 12.3. The monoisotopic (exact) mass is 314 g/mol. The van der Waals surface area contributed by atoms with E-state index in [9.17, 15) is 17.6 Å². The first-order chi connectivity index (χ1) is 9.58. The summed E-state index contributed by atoms with van der Waals surface area (Å²) < 4.78 is 40.1. The van der Waals surface area contributed by atoms with Gasteiger partial charge >= 0.3 is 0 Å². The van der Waals surface area contributed by atoms with Crippen LogP contribution in [0.15, 0.2) is 17.0 Å². The van der Waals surface area contributed by atoms with Crippen molar-refractivity contribution < 1.29 is 17.6 Å². The Kier molecular flexibility index (Phi) is 3.84. The van der Waals surface area contributed by atoms with Crippen LogP contribution in [-0.2, 0) is 14.8 Å². The zero-order valence-corrected chi connectivity index (χ0v) is 13.1. The Morgan fingerprint density at radius 3 is 2.29 bits per heavy atom. The molecule has 1 aromatic carbocycles. The van der Waals surface area contributed by atoms with Crippen LogP contribution in [0.25, 0.3) is 0 Å². The third kappa shape index (κ3) is 2.67. The Labute approximate surface area is 124 Å². The lowest BCUT2D eigenvalue weighted by molar-refractivity contribution is -0.126. The second-order valence-electron chi connectivity index (χ2n) is 5.88. The molecular formula is C14H19FN2O3S. The van der Waals surface area contributed by atoms with E-state index in [4.69, 9.17) is 5.73 Å². The highest BCUT2D eigenvalue weighted by Crippen LogP contribution is 2.35. The third-order valence-corrected chi connectivity index (χ3v) is 6.21. The summed E-state index contributed by atoms with van der Waals surface area (Å²) in [6, 6.07) is 2.40. The molecule has 0 bridgehead atoms. The lowest BCUT2D eigenvalue weighted by atomic mass is 9.89. The molecule has 1 aliphatic heterocycles. The number of hydrogen-bond acceptors (Lipinski definition) is 3. The molecule has 0 radical (unpaired) electrons. The smallest absolute Gasteiger partial charge is 0.243 e. The fourth-order valence-electron chi connectivity index (χ4n) is 2.76. The van der Waals surface area contributed by atoms with Gasteiger partial charge in [0, 0.05) is 13.1 Å². The number of halogens is 1. The van der Waals surface area contributed by atoms with Crippen LogP contribution >= 0.6 is 0 Å². The summed E-state index contributed by atoms with van der Waals surface area (Å²) in [6.07, 6.45) is 0.390. The summed E-state index contributed by atoms with van der Waals surface area (Å²) in [6.45, 7) is 5.08. The van der Waals surface area contributed by atoms with E-state index in [1.807, 2.05) is 0 Å². The number of carbonyl (C=O) groups excluding carboxylic acids is 1. The van der Waals surface area contributed by atoms with E-state index < -0.39 is 27.2 Å². The first-order valence-electron chi connectivity index (χ1n) is 6.65. The van der Waals surface area contributed by atoms with E-state index >= 15 is 0 Å². The Hall–Kier alpha value is -1.47. The van der Waals surface area contributed by atoms with Crippen molar-refractivity contribution in [2.24, 2.45) is 11.1 Å². The second kappa shape index (κ2) is 5.06. The predicted octanol–water partition coefficient (Wildman–Crippen LogP) is 1.33. The van der Waals surface area contributed by atoms with Gasteiger partial charge in [-0.3, -0.25) is 4.79 Å². The molecule has 1 amide bonds. The zero-order chi connectivity index (χ0) is 16.0. The highest BCUT2D eigenvalue weighted by molar-refractivity contribution is 7.89. The topological polar surface area (TPSA) is 80.5 Å². The van der Waals surface area contributed by atoms with E-state index in [0.29, 0.717) is 17.5 Å². The van der Waals surface area contributed by atoms with Gasteiger partial charge in [-0.15, -0.1) is 0 Å². The van der Waals surface area contributed by atoms with E-state index in [2.05, 4.69) is 0 Å². The molecule has 2 N–H and O–H groups in total. The van der Waals surface area contributed by atoms with Crippen LogP contribution in [0.4, 0.5) is 4.39 Å². The highest BCUT2D eigenvalue weighted by Gasteiger charge is 2.44. The van der Waals surface area contributed by atoms with Crippen molar-refractivity contribution in [2.75, 3.05) is 13.1 Å². The summed E-state index contributed by atoms with van der Waals surface area (Å²) in [7, 11) is -3.76. The average molecular weight is 314 g/mol. The van der Waals surface area contributed by atoms with Crippen LogP contribution in [0, 0.1) is 25.1 Å². The Morgan fingerprint density at radius 1 is 1.33 bits per heavy atom. The van der Waals surface area contributed by atoms with Crippen molar-refractivity contribution >= 4 is 15.9 Å². The Balaban J connectivity index is 2.44. The molecule has 7 heteroatoms. The summed E-state index contributed by atoms with van der Waals surface area (Å²) >= 11 is 0. The normalized spacial score (nSPS) is 23.4. The summed E-state index contributed by atoms with van der Waals surface area (Å²) in [5.74, 6) is -0.972.